The largest absolute Gasteiger partial charge is 0.481 e. The van der Waals surface area contributed by atoms with Gasteiger partial charge in [0.15, 0.2) is 0 Å². The Kier molecular flexibility index (Phi) is 13.5. The molecule has 0 spiro atoms. The lowest BCUT2D eigenvalue weighted by Gasteiger charge is -2.26. The van der Waals surface area contributed by atoms with Crippen molar-refractivity contribution in [2.24, 2.45) is 17.4 Å². The molecule has 0 bridgehead atoms. The Morgan fingerprint density at radius 1 is 0.903 bits per heavy atom. The topological polar surface area (TPSA) is 214 Å². The maximum absolute atomic E-state index is 12.6. The smallest absolute Gasteiger partial charge is 0.326 e. The number of carbonyl (C=O) groups is 5. The van der Waals surface area contributed by atoms with Crippen molar-refractivity contribution in [3.05, 3.63) is 0 Å². The Balaban J connectivity index is 5.11. The number of nitrogens with two attached hydrogens (primary N) is 2. The van der Waals surface area contributed by atoms with Crippen LogP contribution in [0.4, 0.5) is 0 Å². The minimum absolute atomic E-state index is 0.121. The molecule has 0 aromatic rings. The van der Waals surface area contributed by atoms with Crippen molar-refractivity contribution in [2.45, 2.75) is 63.7 Å². The normalized spacial score (nSPS) is 14.8. The van der Waals surface area contributed by atoms with Crippen LogP contribution in [0.3, 0.4) is 0 Å². The third-order valence-corrected chi connectivity index (χ3v) is 4.72. The minimum atomic E-state index is -1.35. The number of carboxylic acids is 2. The highest BCUT2D eigenvalue weighted by Crippen LogP contribution is 2.06. The Morgan fingerprint density at radius 2 is 1.48 bits per heavy atom. The molecular weight excluding hydrogens is 430 g/mol. The van der Waals surface area contributed by atoms with Gasteiger partial charge in [-0.05, 0) is 31.7 Å². The van der Waals surface area contributed by atoms with Crippen LogP contribution in [0.2, 0.25) is 0 Å². The number of thiol groups is 1. The summed E-state index contributed by atoms with van der Waals surface area (Å²) in [6.07, 6.45) is 0.675. The molecule has 13 heteroatoms. The first-order valence-corrected chi connectivity index (χ1v) is 10.5. The first kappa shape index (κ1) is 28.6. The summed E-state index contributed by atoms with van der Waals surface area (Å²) in [5, 5.41) is 25.2. The van der Waals surface area contributed by atoms with Gasteiger partial charge in [-0.1, -0.05) is 13.8 Å². The highest BCUT2D eigenvalue weighted by molar-refractivity contribution is 7.80. The quantitative estimate of drug-likeness (QED) is 0.0998. The van der Waals surface area contributed by atoms with E-state index >= 15 is 0 Å². The van der Waals surface area contributed by atoms with E-state index < -0.39 is 66.2 Å². The van der Waals surface area contributed by atoms with Crippen LogP contribution in [0.1, 0.15) is 39.5 Å². The predicted octanol–water partition coefficient (Wildman–Crippen LogP) is -1.96. The van der Waals surface area contributed by atoms with Crippen molar-refractivity contribution in [1.29, 1.82) is 0 Å². The number of carbonyl (C=O) groups excluding carboxylic acids is 3. The van der Waals surface area contributed by atoms with E-state index in [1.165, 1.54) is 0 Å². The fourth-order valence-corrected chi connectivity index (χ4v) is 2.81. The number of nitrogens with one attached hydrogen (secondary N) is 3. The van der Waals surface area contributed by atoms with E-state index in [1.54, 1.807) is 13.8 Å². The number of hydrogen-bond acceptors (Lipinski definition) is 8. The molecule has 0 rings (SSSR count). The summed E-state index contributed by atoms with van der Waals surface area (Å²) in [5.74, 6) is -5.28. The van der Waals surface area contributed by atoms with Gasteiger partial charge in [0.25, 0.3) is 0 Å². The fourth-order valence-electron chi connectivity index (χ4n) is 2.55. The second-order valence-corrected chi connectivity index (χ2v) is 7.73. The van der Waals surface area contributed by atoms with Gasteiger partial charge in [0.1, 0.15) is 18.1 Å². The van der Waals surface area contributed by atoms with Crippen molar-refractivity contribution in [2.75, 3.05) is 12.3 Å². The van der Waals surface area contributed by atoms with Crippen molar-refractivity contribution in [3.8, 4) is 0 Å². The third-order valence-electron chi connectivity index (χ3n) is 4.36. The molecule has 3 amide bonds. The third kappa shape index (κ3) is 11.0. The molecule has 0 aliphatic rings. The molecule has 12 nitrogen and oxygen atoms in total. The monoisotopic (exact) mass is 463 g/mol. The molecule has 178 valence electrons. The first-order valence-electron chi connectivity index (χ1n) is 9.86. The second kappa shape index (κ2) is 14.6. The van der Waals surface area contributed by atoms with Crippen LogP contribution < -0.4 is 27.4 Å². The Morgan fingerprint density at radius 3 is 1.94 bits per heavy atom. The van der Waals surface area contributed by atoms with Gasteiger partial charge in [-0.2, -0.15) is 12.6 Å². The van der Waals surface area contributed by atoms with Gasteiger partial charge in [-0.3, -0.25) is 19.2 Å². The van der Waals surface area contributed by atoms with Crippen molar-refractivity contribution in [3.63, 3.8) is 0 Å². The van der Waals surface area contributed by atoms with Gasteiger partial charge in [0.2, 0.25) is 17.7 Å². The summed E-state index contributed by atoms with van der Waals surface area (Å²) >= 11 is 4.04. The summed E-state index contributed by atoms with van der Waals surface area (Å²) < 4.78 is 0. The van der Waals surface area contributed by atoms with E-state index in [0.717, 1.165) is 0 Å². The van der Waals surface area contributed by atoms with E-state index in [2.05, 4.69) is 28.6 Å². The lowest BCUT2D eigenvalue weighted by atomic mass is 10.0. The summed E-state index contributed by atoms with van der Waals surface area (Å²) in [6.45, 7) is 3.68. The minimum Gasteiger partial charge on any atom is -0.481 e. The number of hydrogen-bond donors (Lipinski definition) is 8. The first-order chi connectivity index (χ1) is 14.4. The number of amides is 3. The molecule has 0 heterocycles. The highest BCUT2D eigenvalue weighted by atomic mass is 32.1. The number of unbranched alkanes of at least 4 members (excludes halogenated alkanes) is 1. The molecule has 4 atom stereocenters. The van der Waals surface area contributed by atoms with E-state index in [4.69, 9.17) is 16.6 Å². The Labute approximate surface area is 186 Å². The van der Waals surface area contributed by atoms with Gasteiger partial charge in [0, 0.05) is 5.75 Å². The van der Waals surface area contributed by atoms with Crippen molar-refractivity contribution in [1.82, 2.24) is 16.0 Å². The summed E-state index contributed by atoms with van der Waals surface area (Å²) in [7, 11) is 0. The second-order valence-electron chi connectivity index (χ2n) is 7.36. The predicted molar refractivity (Wildman–Crippen MR) is 115 cm³/mol. The van der Waals surface area contributed by atoms with E-state index in [-0.39, 0.29) is 12.2 Å². The molecule has 9 N–H and O–H groups in total. The van der Waals surface area contributed by atoms with Crippen LogP contribution in [0.25, 0.3) is 0 Å². The van der Waals surface area contributed by atoms with Crippen LogP contribution in [0.15, 0.2) is 0 Å². The van der Waals surface area contributed by atoms with Gasteiger partial charge in [0.05, 0.1) is 12.5 Å². The van der Waals surface area contributed by atoms with Crippen LogP contribution in [0, 0.1) is 5.92 Å². The van der Waals surface area contributed by atoms with E-state index in [0.29, 0.717) is 19.4 Å². The SMILES string of the molecule is CC(C)C(NC(=O)C(N)CC(=O)O)C(=O)NC(CS)C(=O)NC(CCCCN)C(=O)O. The van der Waals surface area contributed by atoms with Crippen LogP contribution in [-0.2, 0) is 24.0 Å². The maximum Gasteiger partial charge on any atom is 0.326 e. The molecule has 0 radical (unpaired) electrons. The van der Waals surface area contributed by atoms with Crippen LogP contribution >= 0.6 is 12.6 Å². The average Bonchev–Trinajstić information content (AvgIpc) is 2.67. The Bertz CT molecular complexity index is 647. The average molecular weight is 464 g/mol. The summed E-state index contributed by atoms with van der Waals surface area (Å²) in [4.78, 5) is 59.3. The molecule has 31 heavy (non-hydrogen) atoms. The number of aliphatic carboxylic acids is 2. The molecule has 0 saturated heterocycles. The zero-order valence-electron chi connectivity index (χ0n) is 17.7. The van der Waals surface area contributed by atoms with Crippen LogP contribution in [-0.4, -0.2) is 76.3 Å². The van der Waals surface area contributed by atoms with E-state index in [9.17, 15) is 29.1 Å². The molecule has 0 aliphatic heterocycles. The van der Waals surface area contributed by atoms with Crippen molar-refractivity contribution >= 4 is 42.3 Å². The molecule has 0 aromatic carbocycles. The van der Waals surface area contributed by atoms with Gasteiger partial charge < -0.3 is 37.6 Å². The molecule has 0 aliphatic carbocycles. The molecule has 0 saturated carbocycles. The molecule has 0 fully saturated rings. The summed E-state index contributed by atoms with van der Waals surface area (Å²) in [6, 6.07) is -4.74. The molecule has 4 unspecified atom stereocenters. The van der Waals surface area contributed by atoms with Crippen molar-refractivity contribution < 1.29 is 34.2 Å². The van der Waals surface area contributed by atoms with Gasteiger partial charge in [-0.15, -0.1) is 0 Å². The standard InChI is InChI=1S/C18H33N5O7S/c1-9(2)14(23-15(26)10(20)7-13(24)25)17(28)22-12(8-31)16(27)21-11(18(29)30)5-3-4-6-19/h9-12,14,31H,3-8,19-20H2,1-2H3,(H,21,27)(H,22,28)(H,23,26)(H,24,25)(H,29,30). The number of carboxylic acid groups (broad SMARTS) is 2. The Hall–Kier alpha value is -2.38. The lowest BCUT2D eigenvalue weighted by molar-refractivity contribution is -0.142. The zero-order chi connectivity index (χ0) is 24.1. The maximum atomic E-state index is 12.6. The molecular formula is C18H33N5O7S. The zero-order valence-corrected chi connectivity index (χ0v) is 18.6. The highest BCUT2D eigenvalue weighted by Gasteiger charge is 2.31. The van der Waals surface area contributed by atoms with Gasteiger partial charge in [-0.25, -0.2) is 4.79 Å². The van der Waals surface area contributed by atoms with Crippen LogP contribution in [0.5, 0.6) is 0 Å². The fraction of sp³-hybridized carbons (Fsp3) is 0.722. The van der Waals surface area contributed by atoms with E-state index in [1.807, 2.05) is 0 Å². The lowest BCUT2D eigenvalue weighted by Crippen LogP contribution is -2.59. The summed E-state index contributed by atoms with van der Waals surface area (Å²) in [5.41, 5.74) is 10.9. The number of rotatable bonds is 15. The molecule has 0 aromatic heterocycles. The van der Waals surface area contributed by atoms with Gasteiger partial charge >= 0.3 is 11.9 Å².